The fraction of sp³-hybridized carbons (Fsp3) is 0.439. The Hall–Kier alpha value is -5.04. The van der Waals surface area contributed by atoms with Crippen LogP contribution in [0.2, 0.25) is 0 Å². The molecule has 54 heavy (non-hydrogen) atoms. The third kappa shape index (κ3) is 7.77. The number of pyridine rings is 1. The molecule has 1 saturated heterocycles. The number of H-pyrrole nitrogens is 1. The Morgan fingerprint density at radius 1 is 0.926 bits per heavy atom. The summed E-state index contributed by atoms with van der Waals surface area (Å²) in [4.78, 5) is 57.8. The number of benzene rings is 2. The fourth-order valence-corrected chi connectivity index (χ4v) is 7.51. The van der Waals surface area contributed by atoms with E-state index < -0.39 is 29.2 Å². The van der Waals surface area contributed by atoms with E-state index in [0.29, 0.717) is 49.4 Å². The Balaban J connectivity index is 1.05. The lowest BCUT2D eigenvalue weighted by atomic mass is 9.91. The summed E-state index contributed by atoms with van der Waals surface area (Å²) in [6, 6.07) is 16.3. The van der Waals surface area contributed by atoms with Crippen LogP contribution in [-0.2, 0) is 34.1 Å². The topological polar surface area (TPSA) is 123 Å². The average Bonchev–Trinajstić information content (AvgIpc) is 3.99. The molecular formula is C41H45F3N6O4. The lowest BCUT2D eigenvalue weighted by Crippen LogP contribution is -2.49. The van der Waals surface area contributed by atoms with Crippen molar-refractivity contribution in [3.8, 4) is 11.1 Å². The van der Waals surface area contributed by atoms with Crippen LogP contribution < -0.4 is 10.5 Å². The number of hydrogen-bond donors (Lipinski definition) is 2. The molecule has 0 spiro atoms. The number of nitrogens with zero attached hydrogens (tertiary/aromatic N) is 5. The van der Waals surface area contributed by atoms with Crippen LogP contribution in [0.25, 0.3) is 11.1 Å². The highest BCUT2D eigenvalue weighted by molar-refractivity contribution is 5.82. The standard InChI is InChI=1S/C41H45F3N6O4/c1-39(2,3)23-34(51)49-19-17-48(18-20-49)33-13-12-28(24-45-33)26-7-4-9-29(21-26)40(14-15-40)38-46-32-11-6-16-50(25-31(32)36(53)47-38)37(54)35(52)27-8-5-10-30(22-27)41(42,43)44/h4-5,7-10,12-13,21-22,24,35,52H,6,11,14-20,23,25H2,1-3H3,(H,46,47,53)/t35-/m1/s1. The highest BCUT2D eigenvalue weighted by Crippen LogP contribution is 2.52. The quantitative estimate of drug-likeness (QED) is 0.238. The SMILES string of the molecule is CC(C)(C)CC(=O)N1CCN(c2ccc(-c3cccc(C4(c5nc6c(c(=O)[nH]5)CN(C(=O)[C@H](O)c5cccc(C(F)(F)F)c5)CCC6)CC4)c3)cn2)CC1. The van der Waals surface area contributed by atoms with Crippen molar-refractivity contribution in [3.05, 3.63) is 111 Å². The van der Waals surface area contributed by atoms with Crippen molar-refractivity contribution in [3.63, 3.8) is 0 Å². The van der Waals surface area contributed by atoms with Crippen LogP contribution in [0.3, 0.4) is 0 Å². The minimum Gasteiger partial charge on any atom is -0.378 e. The molecule has 2 fully saturated rings. The van der Waals surface area contributed by atoms with E-state index in [1.807, 2.05) is 35.4 Å². The minimum atomic E-state index is -4.62. The normalized spacial score (nSPS) is 17.8. The van der Waals surface area contributed by atoms with Crippen LogP contribution in [0.1, 0.15) is 86.3 Å². The zero-order valence-corrected chi connectivity index (χ0v) is 30.7. The van der Waals surface area contributed by atoms with E-state index in [1.54, 1.807) is 0 Å². The molecule has 1 aliphatic carbocycles. The largest absolute Gasteiger partial charge is 0.416 e. The number of aromatic amines is 1. The van der Waals surface area contributed by atoms with Crippen molar-refractivity contribution in [1.29, 1.82) is 0 Å². The predicted octanol–water partition coefficient (Wildman–Crippen LogP) is 6.02. The molecular weight excluding hydrogens is 697 g/mol. The van der Waals surface area contributed by atoms with E-state index in [9.17, 15) is 32.7 Å². The number of aliphatic hydroxyl groups excluding tert-OH is 1. The maximum atomic E-state index is 13.6. The fourth-order valence-electron chi connectivity index (χ4n) is 7.51. The van der Waals surface area contributed by atoms with E-state index in [4.69, 9.17) is 9.97 Å². The van der Waals surface area contributed by atoms with Crippen LogP contribution in [0, 0.1) is 5.41 Å². The summed E-state index contributed by atoms with van der Waals surface area (Å²) in [5, 5.41) is 10.8. The number of aromatic nitrogens is 3. The van der Waals surface area contributed by atoms with Crippen LogP contribution in [0.4, 0.5) is 19.0 Å². The van der Waals surface area contributed by atoms with Gasteiger partial charge in [-0.2, -0.15) is 13.2 Å². The van der Waals surface area contributed by atoms with Crippen molar-refractivity contribution in [2.75, 3.05) is 37.6 Å². The summed E-state index contributed by atoms with van der Waals surface area (Å²) in [6.45, 7) is 9.13. The summed E-state index contributed by atoms with van der Waals surface area (Å²) in [6.07, 6.45) is -1.52. The first-order valence-electron chi connectivity index (χ1n) is 18.5. The molecule has 0 radical (unpaired) electrons. The van der Waals surface area contributed by atoms with E-state index in [0.717, 1.165) is 66.6 Å². The molecule has 2 aromatic carbocycles. The smallest absolute Gasteiger partial charge is 0.378 e. The van der Waals surface area contributed by atoms with Gasteiger partial charge in [-0.1, -0.05) is 57.2 Å². The molecule has 2 amide bonds. The van der Waals surface area contributed by atoms with Gasteiger partial charge in [-0.3, -0.25) is 14.4 Å². The number of fused-ring (bicyclic) bond motifs is 1. The van der Waals surface area contributed by atoms with Gasteiger partial charge >= 0.3 is 6.18 Å². The van der Waals surface area contributed by atoms with Gasteiger partial charge in [0.1, 0.15) is 11.6 Å². The number of aliphatic hydroxyl groups is 1. The second-order valence-corrected chi connectivity index (χ2v) is 15.9. The Morgan fingerprint density at radius 2 is 1.67 bits per heavy atom. The third-order valence-electron chi connectivity index (χ3n) is 10.7. The number of piperazine rings is 1. The predicted molar refractivity (Wildman–Crippen MR) is 198 cm³/mol. The minimum absolute atomic E-state index is 0.0433. The van der Waals surface area contributed by atoms with Crippen LogP contribution >= 0.6 is 0 Å². The monoisotopic (exact) mass is 742 g/mol. The maximum Gasteiger partial charge on any atom is 0.416 e. The second-order valence-electron chi connectivity index (χ2n) is 15.9. The van der Waals surface area contributed by atoms with Crippen LogP contribution in [0.15, 0.2) is 71.7 Å². The van der Waals surface area contributed by atoms with Gasteiger partial charge in [-0.25, -0.2) is 9.97 Å². The Morgan fingerprint density at radius 3 is 2.33 bits per heavy atom. The average molecular weight is 743 g/mol. The zero-order chi connectivity index (χ0) is 38.4. The number of rotatable bonds is 7. The van der Waals surface area contributed by atoms with Gasteiger partial charge in [0, 0.05) is 50.9 Å². The Kier molecular flexibility index (Phi) is 9.88. The van der Waals surface area contributed by atoms with Gasteiger partial charge in [0.25, 0.3) is 11.5 Å². The second kappa shape index (κ2) is 14.3. The molecule has 2 aromatic heterocycles. The third-order valence-corrected chi connectivity index (χ3v) is 10.7. The molecule has 4 aromatic rings. The molecule has 10 nitrogen and oxygen atoms in total. The van der Waals surface area contributed by atoms with E-state index in [-0.39, 0.29) is 35.5 Å². The molecule has 4 heterocycles. The van der Waals surface area contributed by atoms with E-state index in [1.165, 1.54) is 11.0 Å². The van der Waals surface area contributed by atoms with Crippen molar-refractivity contribution < 1.29 is 27.9 Å². The summed E-state index contributed by atoms with van der Waals surface area (Å²) in [7, 11) is 0. The summed E-state index contributed by atoms with van der Waals surface area (Å²) in [5.74, 6) is 0.863. The molecule has 0 unspecified atom stereocenters. The molecule has 1 atom stereocenters. The van der Waals surface area contributed by atoms with Gasteiger partial charge in [-0.15, -0.1) is 0 Å². The van der Waals surface area contributed by atoms with E-state index in [2.05, 4.69) is 42.8 Å². The molecule has 13 heteroatoms. The van der Waals surface area contributed by atoms with Crippen LogP contribution in [0.5, 0.6) is 0 Å². The van der Waals surface area contributed by atoms with Gasteiger partial charge in [-0.05, 0) is 72.1 Å². The number of halogens is 3. The Labute approximate surface area is 312 Å². The summed E-state index contributed by atoms with van der Waals surface area (Å²) >= 11 is 0. The number of carbonyl (C=O) groups excluding carboxylic acids is 2. The Bertz CT molecular complexity index is 2100. The first kappa shape index (κ1) is 37.3. The molecule has 0 bridgehead atoms. The van der Waals surface area contributed by atoms with Gasteiger partial charge < -0.3 is 24.8 Å². The highest BCUT2D eigenvalue weighted by atomic mass is 19.4. The maximum absolute atomic E-state index is 13.6. The lowest BCUT2D eigenvalue weighted by molar-refractivity contribution is -0.142. The van der Waals surface area contributed by atoms with Crippen molar-refractivity contribution in [2.45, 2.75) is 77.1 Å². The molecule has 284 valence electrons. The molecule has 2 N–H and O–H groups in total. The molecule has 1 saturated carbocycles. The number of aryl methyl sites for hydroxylation is 1. The number of hydrogen-bond acceptors (Lipinski definition) is 7. The number of amides is 2. The highest BCUT2D eigenvalue weighted by Gasteiger charge is 2.49. The van der Waals surface area contributed by atoms with Gasteiger partial charge in [0.15, 0.2) is 6.10 Å². The van der Waals surface area contributed by atoms with Gasteiger partial charge in [0.05, 0.1) is 28.8 Å². The number of carbonyl (C=O) groups is 2. The first-order chi connectivity index (χ1) is 25.6. The lowest BCUT2D eigenvalue weighted by Gasteiger charge is -2.36. The van der Waals surface area contributed by atoms with Gasteiger partial charge in [0.2, 0.25) is 5.91 Å². The summed E-state index contributed by atoms with van der Waals surface area (Å²) in [5.41, 5.74) is 1.86. The molecule has 7 rings (SSSR count). The van der Waals surface area contributed by atoms with E-state index >= 15 is 0 Å². The molecule has 2 aliphatic heterocycles. The first-order valence-corrected chi connectivity index (χ1v) is 18.5. The summed E-state index contributed by atoms with van der Waals surface area (Å²) < 4.78 is 39.8. The zero-order valence-electron chi connectivity index (χ0n) is 30.7. The van der Waals surface area contributed by atoms with Crippen molar-refractivity contribution >= 4 is 17.6 Å². The van der Waals surface area contributed by atoms with Crippen molar-refractivity contribution in [2.24, 2.45) is 5.41 Å². The number of anilines is 1. The number of alkyl halides is 3. The number of nitrogens with one attached hydrogen (secondary N) is 1. The van der Waals surface area contributed by atoms with Crippen molar-refractivity contribution in [1.82, 2.24) is 24.8 Å². The van der Waals surface area contributed by atoms with Crippen LogP contribution in [-0.4, -0.2) is 74.4 Å². The molecule has 3 aliphatic rings.